The largest absolute Gasteiger partial charge is 0.507 e. The minimum atomic E-state index is -2.03. The Labute approximate surface area is 298 Å². The van der Waals surface area contributed by atoms with Gasteiger partial charge in [-0.15, -0.1) is 0 Å². The lowest BCUT2D eigenvalue weighted by Gasteiger charge is -2.42. The van der Waals surface area contributed by atoms with Crippen molar-refractivity contribution in [1.82, 2.24) is 0 Å². The summed E-state index contributed by atoms with van der Waals surface area (Å²) in [6.07, 6.45) is -24.0. The van der Waals surface area contributed by atoms with Crippen molar-refractivity contribution in [1.29, 1.82) is 0 Å². The molecule has 292 valence electrons. The van der Waals surface area contributed by atoms with Crippen LogP contribution in [0.5, 0.6) is 28.7 Å². The minimum absolute atomic E-state index is 0.0962. The van der Waals surface area contributed by atoms with Crippen LogP contribution >= 0.6 is 0 Å². The molecule has 1 aromatic heterocycles. The number of phenolic OH excluding ortho intramolecular Hbond substituents is 3. The molecule has 20 nitrogen and oxygen atoms in total. The van der Waals surface area contributed by atoms with Crippen molar-refractivity contribution in [2.24, 2.45) is 0 Å². The number of aromatic hydroxyl groups is 3. The summed E-state index contributed by atoms with van der Waals surface area (Å²) in [4.78, 5) is 14.0. The molecule has 0 unspecified atom stereocenters. The van der Waals surface area contributed by atoms with Crippen LogP contribution in [0, 0.1) is 0 Å². The second-order valence-corrected chi connectivity index (χ2v) is 13.1. The maximum atomic E-state index is 14.0. The Kier molecular flexibility index (Phi) is 11.1. The molecule has 4 heterocycles. The van der Waals surface area contributed by atoms with Crippen molar-refractivity contribution in [2.75, 3.05) is 6.61 Å². The van der Waals surface area contributed by atoms with E-state index in [4.69, 9.17) is 32.8 Å². The van der Waals surface area contributed by atoms with Crippen molar-refractivity contribution in [2.45, 2.75) is 106 Å². The smallest absolute Gasteiger partial charge is 0.239 e. The highest BCUT2D eigenvalue weighted by Crippen LogP contribution is 2.40. The Balaban J connectivity index is 1.34. The van der Waals surface area contributed by atoms with E-state index in [1.165, 1.54) is 19.9 Å². The molecule has 20 heteroatoms. The molecule has 0 amide bonds. The lowest BCUT2D eigenvalue weighted by atomic mass is 9.98. The van der Waals surface area contributed by atoms with Gasteiger partial charge in [0.05, 0.1) is 18.8 Å². The molecule has 3 aliphatic heterocycles. The molecule has 6 rings (SSSR count). The zero-order valence-corrected chi connectivity index (χ0v) is 27.9. The molecular weight excluding hydrogens is 716 g/mol. The minimum Gasteiger partial charge on any atom is -0.507 e. The number of aliphatic hydroxyl groups excluding tert-OH is 9. The Morgan fingerprint density at radius 2 is 1.17 bits per heavy atom. The highest BCUT2D eigenvalue weighted by atomic mass is 16.7. The highest BCUT2D eigenvalue weighted by Gasteiger charge is 2.48. The monoisotopic (exact) mass is 756 g/mol. The van der Waals surface area contributed by atoms with Gasteiger partial charge in [-0.3, -0.25) is 4.79 Å². The van der Waals surface area contributed by atoms with Gasteiger partial charge in [0.1, 0.15) is 83.5 Å². The van der Waals surface area contributed by atoms with Gasteiger partial charge in [0.15, 0.2) is 23.5 Å². The topological polar surface area (TPSA) is 328 Å². The number of fused-ring (bicyclic) bond motifs is 1. The first-order valence-corrected chi connectivity index (χ1v) is 16.4. The quantitative estimate of drug-likeness (QED) is 0.101. The Morgan fingerprint density at radius 3 is 1.79 bits per heavy atom. The standard InChI is InChI=1S/C33H40O20/c1-9-19(37)23(41)26(44)31(48-9)47-8-17-21(39)25(43)28(46)33(52-17)53-30-22(40)18-15(36)6-12(50-32-27(45)24(42)20(38)10(2)49-32)7-16(18)51-29(30)11-3-4-13(34)14(35)5-11/h3-7,9-10,17,19-21,23-28,31-39,41-46H,8H2,1-2H3/t9-,10-,17+,19-,20-,21-,23+,24+,25-,26+,27-,28+,31+,32+,33-/m0/s1. The van der Waals surface area contributed by atoms with Gasteiger partial charge in [-0.25, -0.2) is 0 Å². The Bertz CT molecular complexity index is 1830. The molecule has 0 aliphatic carbocycles. The lowest BCUT2D eigenvalue weighted by molar-refractivity contribution is -0.318. The van der Waals surface area contributed by atoms with Gasteiger partial charge in [-0.05, 0) is 32.0 Å². The third-order valence-corrected chi connectivity index (χ3v) is 9.34. The van der Waals surface area contributed by atoms with Crippen molar-refractivity contribution in [3.05, 3.63) is 40.6 Å². The second-order valence-electron chi connectivity index (χ2n) is 13.1. The van der Waals surface area contributed by atoms with Gasteiger partial charge >= 0.3 is 0 Å². The van der Waals surface area contributed by atoms with Crippen molar-refractivity contribution in [3.63, 3.8) is 0 Å². The van der Waals surface area contributed by atoms with Gasteiger partial charge in [-0.2, -0.15) is 0 Å². The molecular formula is C33H40O20. The molecule has 2 aromatic carbocycles. The van der Waals surface area contributed by atoms with Gasteiger partial charge in [0.25, 0.3) is 0 Å². The van der Waals surface area contributed by atoms with E-state index in [1.807, 2.05) is 0 Å². The van der Waals surface area contributed by atoms with E-state index in [1.54, 1.807) is 0 Å². The third kappa shape index (κ3) is 7.34. The van der Waals surface area contributed by atoms with Crippen molar-refractivity contribution >= 4 is 11.0 Å². The molecule has 0 saturated carbocycles. The number of hydrogen-bond donors (Lipinski definition) is 12. The fourth-order valence-electron chi connectivity index (χ4n) is 6.14. The van der Waals surface area contributed by atoms with Crippen molar-refractivity contribution < 1.29 is 94.1 Å². The van der Waals surface area contributed by atoms with Crippen LogP contribution in [0.2, 0.25) is 0 Å². The van der Waals surface area contributed by atoms with Gasteiger partial charge in [0, 0.05) is 17.7 Å². The van der Waals surface area contributed by atoms with Crippen LogP contribution in [0.1, 0.15) is 13.8 Å². The predicted octanol–water partition coefficient (Wildman–Crippen LogP) is -3.19. The highest BCUT2D eigenvalue weighted by molar-refractivity contribution is 5.88. The first-order valence-electron chi connectivity index (χ1n) is 16.4. The SMILES string of the molecule is C[C@@H]1O[C@@H](OC[C@H]2O[C@@H](Oc3c(-c4ccc(O)c(O)c4)oc4cc(O[C@H]5O[C@@H](C)[C@H](O)[C@@H](O)[C@@H]5O)cc(O)c4c3=O)[C@H](O)[C@@H](O)[C@H]2O)[C@H](O)[C@H](O)[C@H]1O. The van der Waals surface area contributed by atoms with E-state index < -0.39 is 138 Å². The number of ether oxygens (including phenoxy) is 6. The van der Waals surface area contributed by atoms with Crippen LogP contribution in [0.3, 0.4) is 0 Å². The third-order valence-electron chi connectivity index (χ3n) is 9.34. The maximum absolute atomic E-state index is 14.0. The number of rotatable bonds is 8. The van der Waals surface area contributed by atoms with Crippen LogP contribution < -0.4 is 14.9 Å². The first kappa shape index (κ1) is 38.8. The van der Waals surface area contributed by atoms with Crippen molar-refractivity contribution in [3.8, 4) is 40.1 Å². The van der Waals surface area contributed by atoms with Crippen LogP contribution in [0.25, 0.3) is 22.3 Å². The number of aliphatic hydroxyl groups is 9. The predicted molar refractivity (Wildman–Crippen MR) is 172 cm³/mol. The normalized spacial score (nSPS) is 37.8. The van der Waals surface area contributed by atoms with E-state index in [0.717, 1.165) is 24.3 Å². The average Bonchev–Trinajstić information content (AvgIpc) is 3.12. The van der Waals surface area contributed by atoms with Gasteiger partial charge in [-0.1, -0.05) is 0 Å². The van der Waals surface area contributed by atoms with E-state index in [0.29, 0.717) is 0 Å². The summed E-state index contributed by atoms with van der Waals surface area (Å²) in [5.74, 6) is -3.42. The van der Waals surface area contributed by atoms with Gasteiger partial charge in [0.2, 0.25) is 23.8 Å². The molecule has 0 radical (unpaired) electrons. The fraction of sp³-hybridized carbons (Fsp3) is 0.545. The van der Waals surface area contributed by atoms with E-state index >= 15 is 0 Å². The molecule has 3 saturated heterocycles. The molecule has 3 aromatic rings. The summed E-state index contributed by atoms with van der Waals surface area (Å²) in [5.41, 5.74) is -1.55. The van der Waals surface area contributed by atoms with E-state index in [-0.39, 0.29) is 16.9 Å². The second kappa shape index (κ2) is 15.1. The molecule has 0 spiro atoms. The fourth-order valence-corrected chi connectivity index (χ4v) is 6.14. The number of phenols is 3. The number of hydrogen-bond acceptors (Lipinski definition) is 20. The summed E-state index contributed by atoms with van der Waals surface area (Å²) in [6, 6.07) is 5.31. The molecule has 0 bridgehead atoms. The maximum Gasteiger partial charge on any atom is 0.239 e. The average molecular weight is 757 g/mol. The van der Waals surface area contributed by atoms with Crippen LogP contribution in [0.15, 0.2) is 39.5 Å². The summed E-state index contributed by atoms with van der Waals surface area (Å²) < 4.78 is 39.3. The Hall–Kier alpha value is -3.87. The molecule has 3 fully saturated rings. The summed E-state index contributed by atoms with van der Waals surface area (Å²) in [6.45, 7) is 2.18. The summed E-state index contributed by atoms with van der Waals surface area (Å²) in [7, 11) is 0. The van der Waals surface area contributed by atoms with Crippen LogP contribution in [-0.4, -0.2) is 160 Å². The van der Waals surface area contributed by atoms with Gasteiger partial charge < -0.3 is 94.1 Å². The number of benzene rings is 2. The van der Waals surface area contributed by atoms with Crippen LogP contribution in [0.4, 0.5) is 0 Å². The Morgan fingerprint density at radius 1 is 0.604 bits per heavy atom. The molecule has 15 atom stereocenters. The van der Waals surface area contributed by atoms with Crippen LogP contribution in [-0.2, 0) is 18.9 Å². The molecule has 12 N–H and O–H groups in total. The zero-order valence-electron chi connectivity index (χ0n) is 27.9. The van der Waals surface area contributed by atoms with E-state index in [2.05, 4.69) is 0 Å². The van der Waals surface area contributed by atoms with E-state index in [9.17, 15) is 66.1 Å². The lowest BCUT2D eigenvalue weighted by Crippen LogP contribution is -2.61. The summed E-state index contributed by atoms with van der Waals surface area (Å²) in [5, 5.41) is 124. The molecule has 53 heavy (non-hydrogen) atoms. The molecule has 3 aliphatic rings. The first-order chi connectivity index (χ1) is 25.0. The summed E-state index contributed by atoms with van der Waals surface area (Å²) >= 11 is 0. The zero-order chi connectivity index (χ0) is 38.6.